The van der Waals surface area contributed by atoms with Crippen LogP contribution in [0.25, 0.3) is 5.65 Å². The third kappa shape index (κ3) is 3.25. The van der Waals surface area contributed by atoms with Crippen molar-refractivity contribution in [3.63, 3.8) is 0 Å². The SMILES string of the molecule is C=CC1(OCC(F)(F)F)c2ccn3c(Cl)c(C)nc3c2O[C@H](c2ccccc2)C1O. The molecule has 2 unspecified atom stereocenters. The number of ether oxygens (including phenoxy) is 2. The zero-order valence-corrected chi connectivity index (χ0v) is 16.6. The summed E-state index contributed by atoms with van der Waals surface area (Å²) in [4.78, 5) is 4.40. The molecular formula is C21H18ClF3N2O3. The van der Waals surface area contributed by atoms with Gasteiger partial charge >= 0.3 is 6.18 Å². The second kappa shape index (κ2) is 7.30. The van der Waals surface area contributed by atoms with E-state index in [0.717, 1.165) is 0 Å². The lowest BCUT2D eigenvalue weighted by Gasteiger charge is -2.44. The average Bonchev–Trinajstić information content (AvgIpc) is 3.01. The molecule has 1 aliphatic rings. The Labute approximate surface area is 175 Å². The highest BCUT2D eigenvalue weighted by Gasteiger charge is 2.52. The highest BCUT2D eigenvalue weighted by Crippen LogP contribution is 2.50. The molecule has 5 nitrogen and oxygen atoms in total. The van der Waals surface area contributed by atoms with E-state index in [1.54, 1.807) is 47.9 Å². The Balaban J connectivity index is 1.96. The minimum Gasteiger partial charge on any atom is -0.479 e. The van der Waals surface area contributed by atoms with Gasteiger partial charge in [0.15, 0.2) is 17.5 Å². The van der Waals surface area contributed by atoms with Gasteiger partial charge in [-0.25, -0.2) is 4.98 Å². The zero-order chi connectivity index (χ0) is 21.7. The van der Waals surface area contributed by atoms with E-state index in [9.17, 15) is 18.3 Å². The van der Waals surface area contributed by atoms with Gasteiger partial charge in [0.05, 0.1) is 5.69 Å². The van der Waals surface area contributed by atoms with Crippen molar-refractivity contribution in [1.29, 1.82) is 0 Å². The largest absolute Gasteiger partial charge is 0.479 e. The van der Waals surface area contributed by atoms with Crippen molar-refractivity contribution < 1.29 is 27.8 Å². The number of hydrogen-bond donors (Lipinski definition) is 1. The summed E-state index contributed by atoms with van der Waals surface area (Å²) >= 11 is 6.29. The minimum atomic E-state index is -4.60. The molecule has 0 aliphatic carbocycles. The van der Waals surface area contributed by atoms with Crippen LogP contribution < -0.4 is 4.74 Å². The summed E-state index contributed by atoms with van der Waals surface area (Å²) in [7, 11) is 0. The molecule has 0 amide bonds. The number of alkyl halides is 3. The van der Waals surface area contributed by atoms with Gasteiger partial charge in [-0.1, -0.05) is 54.6 Å². The Kier molecular flexibility index (Phi) is 5.04. The van der Waals surface area contributed by atoms with Gasteiger partial charge in [0.2, 0.25) is 0 Å². The van der Waals surface area contributed by atoms with E-state index < -0.39 is 30.6 Å². The number of rotatable bonds is 4. The van der Waals surface area contributed by atoms with Crippen LogP contribution in [0.4, 0.5) is 13.2 Å². The van der Waals surface area contributed by atoms with Crippen molar-refractivity contribution in [3.05, 3.63) is 77.2 Å². The number of benzene rings is 1. The molecule has 0 fully saturated rings. The van der Waals surface area contributed by atoms with E-state index >= 15 is 0 Å². The van der Waals surface area contributed by atoms with E-state index in [0.29, 0.717) is 22.1 Å². The molecule has 0 saturated carbocycles. The summed E-state index contributed by atoms with van der Waals surface area (Å²) in [6.07, 6.45) is -4.40. The first kappa shape index (κ1) is 20.7. The quantitative estimate of drug-likeness (QED) is 0.597. The summed E-state index contributed by atoms with van der Waals surface area (Å²) in [6, 6.07) is 10.2. The number of halogens is 4. The normalized spacial score (nSPS) is 23.8. The molecule has 4 rings (SSSR count). The molecule has 0 radical (unpaired) electrons. The van der Waals surface area contributed by atoms with E-state index in [1.807, 2.05) is 0 Å². The monoisotopic (exact) mass is 438 g/mol. The molecule has 3 atom stereocenters. The van der Waals surface area contributed by atoms with Gasteiger partial charge in [-0.2, -0.15) is 13.2 Å². The fourth-order valence-electron chi connectivity index (χ4n) is 3.71. The third-order valence-electron chi connectivity index (χ3n) is 5.15. The topological polar surface area (TPSA) is 56.0 Å². The third-order valence-corrected chi connectivity index (χ3v) is 5.60. The summed E-state index contributed by atoms with van der Waals surface area (Å²) in [6.45, 7) is 3.81. The first-order valence-corrected chi connectivity index (χ1v) is 9.47. The molecule has 158 valence electrons. The van der Waals surface area contributed by atoms with Gasteiger partial charge in [0.1, 0.15) is 23.5 Å². The number of aliphatic hydroxyl groups excluding tert-OH is 1. The van der Waals surface area contributed by atoms with Gasteiger partial charge in [-0.05, 0) is 18.6 Å². The van der Waals surface area contributed by atoms with E-state index in [-0.39, 0.29) is 11.3 Å². The predicted molar refractivity (Wildman–Crippen MR) is 105 cm³/mol. The van der Waals surface area contributed by atoms with Crippen LogP contribution in [0.5, 0.6) is 5.75 Å². The molecule has 30 heavy (non-hydrogen) atoms. The van der Waals surface area contributed by atoms with Crippen molar-refractivity contribution >= 4 is 17.2 Å². The van der Waals surface area contributed by atoms with Crippen LogP contribution in [-0.2, 0) is 10.3 Å². The lowest BCUT2D eigenvalue weighted by atomic mass is 9.80. The van der Waals surface area contributed by atoms with Crippen LogP contribution in [0.15, 0.2) is 55.3 Å². The van der Waals surface area contributed by atoms with Crippen molar-refractivity contribution in [3.8, 4) is 5.75 Å². The predicted octanol–water partition coefficient (Wildman–Crippen LogP) is 4.75. The number of aryl methyl sites for hydroxylation is 1. The molecule has 3 heterocycles. The average molecular weight is 439 g/mol. The lowest BCUT2D eigenvalue weighted by Crippen LogP contribution is -2.50. The highest BCUT2D eigenvalue weighted by molar-refractivity contribution is 6.30. The molecular weight excluding hydrogens is 421 g/mol. The maximum atomic E-state index is 13.0. The number of hydrogen-bond acceptors (Lipinski definition) is 4. The zero-order valence-electron chi connectivity index (χ0n) is 15.9. The Morgan fingerprint density at radius 1 is 1.33 bits per heavy atom. The van der Waals surface area contributed by atoms with Gasteiger partial charge in [0, 0.05) is 11.8 Å². The molecule has 3 aromatic rings. The van der Waals surface area contributed by atoms with Crippen LogP contribution in [0.1, 0.15) is 22.9 Å². The maximum absolute atomic E-state index is 13.0. The number of pyridine rings is 1. The number of fused-ring (bicyclic) bond motifs is 3. The summed E-state index contributed by atoms with van der Waals surface area (Å²) in [5.74, 6) is 0.175. The number of aliphatic hydroxyl groups is 1. The van der Waals surface area contributed by atoms with E-state index in [1.165, 1.54) is 12.1 Å². The summed E-state index contributed by atoms with van der Waals surface area (Å²) in [5.41, 5.74) is -0.289. The number of nitrogens with zero attached hydrogens (tertiary/aromatic N) is 2. The minimum absolute atomic E-state index is 0.175. The Morgan fingerprint density at radius 2 is 2.03 bits per heavy atom. The number of aromatic nitrogens is 2. The van der Waals surface area contributed by atoms with Crippen LogP contribution in [0, 0.1) is 6.92 Å². The van der Waals surface area contributed by atoms with Gasteiger partial charge < -0.3 is 14.6 Å². The standard InChI is InChI=1S/C21H18ClF3N2O3/c1-3-20(29-11-21(23,24)25)14-9-10-27-18(22)12(2)26-19(27)16(14)30-15(17(20)28)13-7-5-4-6-8-13/h3-10,15,17,28H,1,11H2,2H3/t15-,17?,20?/m1/s1. The molecule has 0 saturated heterocycles. The lowest BCUT2D eigenvalue weighted by molar-refractivity contribution is -0.228. The van der Waals surface area contributed by atoms with Crippen molar-refractivity contribution in [2.24, 2.45) is 0 Å². The van der Waals surface area contributed by atoms with Crippen LogP contribution >= 0.6 is 11.6 Å². The van der Waals surface area contributed by atoms with Crippen LogP contribution in [0.2, 0.25) is 5.15 Å². The number of imidazole rings is 1. The van der Waals surface area contributed by atoms with Crippen molar-refractivity contribution in [2.75, 3.05) is 6.61 Å². The van der Waals surface area contributed by atoms with Crippen molar-refractivity contribution in [1.82, 2.24) is 9.38 Å². The smallest absolute Gasteiger partial charge is 0.411 e. The fourth-order valence-corrected chi connectivity index (χ4v) is 3.89. The first-order chi connectivity index (χ1) is 14.2. The molecule has 1 N–H and O–H groups in total. The van der Waals surface area contributed by atoms with Crippen LogP contribution in [-0.4, -0.2) is 33.4 Å². The molecule has 1 aromatic carbocycles. The van der Waals surface area contributed by atoms with Gasteiger partial charge in [-0.15, -0.1) is 0 Å². The summed E-state index contributed by atoms with van der Waals surface area (Å²) in [5, 5.41) is 11.5. The Bertz CT molecular complexity index is 1100. The van der Waals surface area contributed by atoms with Crippen LogP contribution in [0.3, 0.4) is 0 Å². The molecule has 0 bridgehead atoms. The molecule has 1 aliphatic heterocycles. The molecule has 2 aromatic heterocycles. The molecule has 0 spiro atoms. The Morgan fingerprint density at radius 3 is 2.67 bits per heavy atom. The van der Waals surface area contributed by atoms with E-state index in [4.69, 9.17) is 21.1 Å². The van der Waals surface area contributed by atoms with Gasteiger partial charge in [0.25, 0.3) is 0 Å². The fraction of sp³-hybridized carbons (Fsp3) is 0.286. The van der Waals surface area contributed by atoms with Gasteiger partial charge in [-0.3, -0.25) is 4.40 Å². The molecule has 9 heteroatoms. The van der Waals surface area contributed by atoms with Crippen molar-refractivity contribution in [2.45, 2.75) is 30.9 Å². The Hall–Kier alpha value is -2.55. The second-order valence-electron chi connectivity index (χ2n) is 7.04. The highest BCUT2D eigenvalue weighted by atomic mass is 35.5. The summed E-state index contributed by atoms with van der Waals surface area (Å²) < 4.78 is 52.1. The van der Waals surface area contributed by atoms with E-state index in [2.05, 4.69) is 11.6 Å². The second-order valence-corrected chi connectivity index (χ2v) is 7.39. The maximum Gasteiger partial charge on any atom is 0.411 e. The first-order valence-electron chi connectivity index (χ1n) is 9.09.